The number of hydrogen-bond acceptors (Lipinski definition) is 4. The predicted molar refractivity (Wildman–Crippen MR) is 149 cm³/mol. The first kappa shape index (κ1) is 29.8. The van der Waals surface area contributed by atoms with Crippen LogP contribution in [0, 0.1) is 7.43 Å². The maximum atomic E-state index is 6.61. The van der Waals surface area contributed by atoms with Crippen LogP contribution in [0.3, 0.4) is 0 Å². The summed E-state index contributed by atoms with van der Waals surface area (Å²) in [4.78, 5) is 0. The zero-order valence-corrected chi connectivity index (χ0v) is 28.2. The average molecular weight is 872 g/mol. The Morgan fingerprint density at radius 3 is 1.68 bits per heavy atom. The molecule has 40 heavy (non-hydrogen) atoms. The Bertz CT molecular complexity index is 1590. The van der Waals surface area contributed by atoms with E-state index in [-0.39, 0.29) is 61.6 Å². The second-order valence-electron chi connectivity index (χ2n) is 9.57. The van der Waals surface area contributed by atoms with Crippen molar-refractivity contribution in [2.75, 3.05) is 20.3 Å². The summed E-state index contributed by atoms with van der Waals surface area (Å²) in [6.45, 7) is 1.07. The van der Waals surface area contributed by atoms with Crippen molar-refractivity contribution in [1.29, 1.82) is 0 Å². The van der Waals surface area contributed by atoms with Gasteiger partial charge in [-0.3, -0.25) is 0 Å². The number of rotatable bonds is 4. The number of nitrogens with zero attached hydrogens (tertiary/aromatic N) is 2. The van der Waals surface area contributed by atoms with E-state index < -0.39 is 0 Å². The molecule has 0 fully saturated rings. The van der Waals surface area contributed by atoms with Gasteiger partial charge in [0, 0.05) is 64.0 Å². The van der Waals surface area contributed by atoms with Crippen LogP contribution in [0.4, 0.5) is 0 Å². The number of nitrogens with two attached hydrogens (primary N) is 1. The van der Waals surface area contributed by atoms with Gasteiger partial charge in [0.25, 0.3) is 0 Å². The Balaban J connectivity index is 0.00000123. The van der Waals surface area contributed by atoms with Crippen LogP contribution in [-0.4, -0.2) is 41.3 Å². The smallest absolute Gasteiger partial charge is 0.403 e. The standard InChI is InChI=1S/C31H27N3O3.CH3.2W/c1-33-26(20-10-4-2-5-11-20)18-35-30(33)24-16-8-14-22-23-15-9-17-25(29(23)37-28(22)24)31-34(32)27(19-36-31)21-12-6-3-7-13-21;;;/h2-17,26-27H,18-19,32H2,1H3;1H3;;/q+2;-1;;/t26-,27-;;;/m0.../s1. The molecule has 2 N–H and O–H groups in total. The molecule has 0 aliphatic carbocycles. The average Bonchev–Trinajstić information content (AvgIpc) is 3.64. The van der Waals surface area contributed by atoms with Crippen molar-refractivity contribution >= 4 is 33.7 Å². The third-order valence-corrected chi connectivity index (χ3v) is 7.47. The number of furan rings is 1. The molecule has 0 radical (unpaired) electrons. The molecule has 2 aliphatic heterocycles. The zero-order valence-electron chi connectivity index (χ0n) is 22.3. The number of ether oxygens (including phenoxy) is 2. The van der Waals surface area contributed by atoms with Gasteiger partial charge in [0.1, 0.15) is 18.2 Å². The van der Waals surface area contributed by atoms with Gasteiger partial charge in [-0.25, -0.2) is 5.84 Å². The summed E-state index contributed by atoms with van der Waals surface area (Å²) in [6, 6.07) is 33.0. The van der Waals surface area contributed by atoms with E-state index in [9.17, 15) is 0 Å². The molecule has 4 aromatic carbocycles. The van der Waals surface area contributed by atoms with E-state index in [2.05, 4.69) is 72.3 Å². The Morgan fingerprint density at radius 2 is 1.10 bits per heavy atom. The van der Waals surface area contributed by atoms with Crippen LogP contribution in [0.2, 0.25) is 0 Å². The molecule has 0 saturated heterocycles. The second kappa shape index (κ2) is 12.1. The third-order valence-electron chi connectivity index (χ3n) is 7.47. The second-order valence-corrected chi connectivity index (χ2v) is 9.57. The first-order chi connectivity index (χ1) is 18.2. The van der Waals surface area contributed by atoms with Crippen molar-refractivity contribution in [1.82, 2.24) is 0 Å². The van der Waals surface area contributed by atoms with Crippen LogP contribution in [0.15, 0.2) is 101 Å². The molecule has 8 heteroatoms. The van der Waals surface area contributed by atoms with Crippen molar-refractivity contribution in [2.45, 2.75) is 12.1 Å². The van der Waals surface area contributed by atoms with Crippen LogP contribution in [-0.2, 0) is 51.6 Å². The first-order valence-corrected chi connectivity index (χ1v) is 12.5. The van der Waals surface area contributed by atoms with Crippen molar-refractivity contribution in [2.24, 2.45) is 5.84 Å². The quantitative estimate of drug-likeness (QED) is 0.145. The van der Waals surface area contributed by atoms with Crippen LogP contribution >= 0.6 is 0 Å². The van der Waals surface area contributed by atoms with Crippen LogP contribution in [0.5, 0.6) is 0 Å². The van der Waals surface area contributed by atoms with E-state index in [0.29, 0.717) is 19.1 Å². The molecule has 1 aromatic heterocycles. The Morgan fingerprint density at radius 1 is 0.625 bits per heavy atom. The first-order valence-electron chi connectivity index (χ1n) is 12.5. The zero-order chi connectivity index (χ0) is 24.9. The van der Waals surface area contributed by atoms with Crippen molar-refractivity contribution in [3.05, 3.63) is 127 Å². The molecular formula is C32H30N3O3W2+. The van der Waals surface area contributed by atoms with Gasteiger partial charge in [0.2, 0.25) is 12.1 Å². The minimum atomic E-state index is -0.0580. The molecule has 202 valence electrons. The predicted octanol–water partition coefficient (Wildman–Crippen LogP) is 5.60. The Kier molecular flexibility index (Phi) is 9.02. The van der Waals surface area contributed by atoms with Gasteiger partial charge in [-0.1, -0.05) is 89.6 Å². The van der Waals surface area contributed by atoms with E-state index >= 15 is 0 Å². The largest absolute Gasteiger partial charge is 0.454 e. The minimum Gasteiger partial charge on any atom is -0.454 e. The van der Waals surface area contributed by atoms with E-state index in [1.165, 1.54) is 5.56 Å². The molecule has 7 rings (SSSR count). The molecule has 0 amide bonds. The molecule has 2 aliphatic rings. The van der Waals surface area contributed by atoms with Crippen molar-refractivity contribution in [3.63, 3.8) is 0 Å². The van der Waals surface area contributed by atoms with Gasteiger partial charge in [-0.05, 0) is 12.1 Å². The van der Waals surface area contributed by atoms with Crippen molar-refractivity contribution in [3.8, 4) is 0 Å². The van der Waals surface area contributed by atoms with Gasteiger partial charge in [-0.15, -0.1) is 0 Å². The number of hydrogen-bond donors (Lipinski definition) is 1. The molecule has 0 spiro atoms. The molecule has 0 saturated carbocycles. The Hall–Kier alpha value is -3.20. The van der Waals surface area contributed by atoms with Gasteiger partial charge < -0.3 is 21.3 Å². The molecular weight excluding hydrogens is 842 g/mol. The summed E-state index contributed by atoms with van der Waals surface area (Å²) in [5.74, 6) is 8.02. The number of benzene rings is 4. The third kappa shape index (κ3) is 4.82. The van der Waals surface area contributed by atoms with Gasteiger partial charge in [0.15, 0.2) is 24.4 Å². The summed E-state index contributed by atoms with van der Waals surface area (Å²) in [7, 11) is 2.07. The molecule has 0 unspecified atom stereocenters. The molecule has 0 bridgehead atoms. The molecule has 6 nitrogen and oxygen atoms in total. The van der Waals surface area contributed by atoms with Gasteiger partial charge in [0.05, 0.1) is 0 Å². The summed E-state index contributed by atoms with van der Waals surface area (Å²) < 4.78 is 22.9. The van der Waals surface area contributed by atoms with Gasteiger partial charge in [-0.2, -0.15) is 4.58 Å². The minimum absolute atomic E-state index is 0. The molecule has 2 atom stereocenters. The number of likely N-dealkylation sites (N-methyl/N-ethyl adjacent to an activating group) is 1. The van der Waals surface area contributed by atoms with Gasteiger partial charge >= 0.3 is 11.8 Å². The normalized spacial score (nSPS) is 18.1. The van der Waals surface area contributed by atoms with Crippen LogP contribution in [0.25, 0.3) is 21.9 Å². The SMILES string of the molecule is C[N+]1=C(c2cccc3c2oc2c(C4=[N+](N)[C@H](c5ccccc5)CO4)cccc23)OC[C@H]1c1ccccc1.[CH3-].[W].[W]. The molecule has 3 heterocycles. The van der Waals surface area contributed by atoms with Crippen LogP contribution < -0.4 is 5.84 Å². The fraction of sp³-hybridized carbons (Fsp3) is 0.156. The van der Waals surface area contributed by atoms with E-state index in [1.54, 1.807) is 4.68 Å². The van der Waals surface area contributed by atoms with E-state index in [0.717, 1.165) is 44.5 Å². The summed E-state index contributed by atoms with van der Waals surface area (Å²) >= 11 is 0. The number of fused-ring (bicyclic) bond motifs is 3. The molecule has 5 aromatic rings. The fourth-order valence-electron chi connectivity index (χ4n) is 5.54. The summed E-state index contributed by atoms with van der Waals surface area (Å²) in [5, 5.41) is 2.05. The van der Waals surface area contributed by atoms with E-state index in [4.69, 9.17) is 19.7 Å². The Labute approximate surface area is 262 Å². The number of hydrazine groups is 1. The number of para-hydroxylation sites is 2. The monoisotopic (exact) mass is 872 g/mol. The van der Waals surface area contributed by atoms with E-state index in [1.807, 2.05) is 36.4 Å². The summed E-state index contributed by atoms with van der Waals surface area (Å²) in [6.07, 6.45) is 0. The van der Waals surface area contributed by atoms with Crippen molar-refractivity contribution < 1.29 is 65.3 Å². The number of hydrazone groups is 1. The van der Waals surface area contributed by atoms with Crippen LogP contribution in [0.1, 0.15) is 34.3 Å². The maximum absolute atomic E-state index is 6.61. The topological polar surface area (TPSA) is 63.6 Å². The fourth-order valence-corrected chi connectivity index (χ4v) is 5.54. The maximum Gasteiger partial charge on any atom is 0.403 e. The summed E-state index contributed by atoms with van der Waals surface area (Å²) in [5.41, 5.74) is 5.67.